The molecule has 0 spiro atoms. The second-order valence-electron chi connectivity index (χ2n) is 7.93. The minimum Gasteiger partial charge on any atom is -0.507 e. The molecule has 0 atom stereocenters. The summed E-state index contributed by atoms with van der Waals surface area (Å²) < 4.78 is 5.84. The Labute approximate surface area is 163 Å². The van der Waals surface area contributed by atoms with Gasteiger partial charge >= 0.3 is 0 Å². The largest absolute Gasteiger partial charge is 0.507 e. The molecule has 148 valence electrons. The molecule has 28 heavy (non-hydrogen) atoms. The third-order valence-corrected chi connectivity index (χ3v) is 4.46. The number of carbonyl (C=O) groups excluding carboxylic acids is 2. The van der Waals surface area contributed by atoms with Crippen molar-refractivity contribution in [1.29, 1.82) is 0 Å². The predicted octanol–water partition coefficient (Wildman–Crippen LogP) is 3.29. The Morgan fingerprint density at radius 2 is 1.86 bits per heavy atom. The monoisotopic (exact) mass is 383 g/mol. The van der Waals surface area contributed by atoms with Crippen LogP contribution in [-0.4, -0.2) is 28.2 Å². The van der Waals surface area contributed by atoms with Crippen LogP contribution in [0.25, 0.3) is 0 Å². The number of nitrogens with one attached hydrogen (secondary N) is 2. The van der Waals surface area contributed by atoms with Gasteiger partial charge in [-0.25, -0.2) is 5.43 Å². The number of hydrogen-bond acceptors (Lipinski definition) is 5. The molecule has 7 heteroatoms. The molecular formula is C21H25N3O4. The molecule has 0 saturated carbocycles. The third kappa shape index (κ3) is 4.08. The summed E-state index contributed by atoms with van der Waals surface area (Å²) in [6.07, 6.45) is 2.19. The Morgan fingerprint density at radius 1 is 1.14 bits per heavy atom. The second kappa shape index (κ2) is 7.50. The summed E-state index contributed by atoms with van der Waals surface area (Å²) in [5.74, 6) is 0.117. The van der Waals surface area contributed by atoms with Gasteiger partial charge in [0.2, 0.25) is 0 Å². The first-order valence-electron chi connectivity index (χ1n) is 9.27. The number of aryl methyl sites for hydroxylation is 1. The van der Waals surface area contributed by atoms with Gasteiger partial charge in [0, 0.05) is 23.1 Å². The van der Waals surface area contributed by atoms with Crippen molar-refractivity contribution in [2.24, 2.45) is 5.10 Å². The van der Waals surface area contributed by atoms with Crippen LogP contribution in [0.15, 0.2) is 33.8 Å². The maximum Gasteiger partial charge on any atom is 0.287 e. The maximum atomic E-state index is 12.6. The molecule has 0 fully saturated rings. The molecule has 3 rings (SSSR count). The number of nitrogens with zero attached hydrogens (tertiary/aromatic N) is 1. The van der Waals surface area contributed by atoms with Gasteiger partial charge in [0.1, 0.15) is 11.5 Å². The summed E-state index contributed by atoms with van der Waals surface area (Å²) in [6.45, 7) is 7.55. The lowest BCUT2D eigenvalue weighted by Gasteiger charge is -2.19. The molecule has 2 amide bonds. The topological polar surface area (TPSA) is 104 Å². The van der Waals surface area contributed by atoms with Crippen LogP contribution in [0, 0.1) is 6.92 Å². The first-order valence-corrected chi connectivity index (χ1v) is 9.27. The number of para-hydroxylation sites is 1. The van der Waals surface area contributed by atoms with Gasteiger partial charge in [-0.3, -0.25) is 9.59 Å². The van der Waals surface area contributed by atoms with E-state index in [1.807, 2.05) is 27.7 Å². The summed E-state index contributed by atoms with van der Waals surface area (Å²) in [5, 5.41) is 17.0. The molecule has 1 aliphatic carbocycles. The van der Waals surface area contributed by atoms with Crippen molar-refractivity contribution in [1.82, 2.24) is 10.7 Å². The van der Waals surface area contributed by atoms with Crippen LogP contribution >= 0.6 is 0 Å². The number of hydrazone groups is 1. The first kappa shape index (κ1) is 19.7. The summed E-state index contributed by atoms with van der Waals surface area (Å²) in [4.78, 5) is 24.9. The van der Waals surface area contributed by atoms with Gasteiger partial charge < -0.3 is 14.8 Å². The van der Waals surface area contributed by atoms with Crippen molar-refractivity contribution in [3.63, 3.8) is 0 Å². The predicted molar refractivity (Wildman–Crippen MR) is 106 cm³/mol. The number of rotatable bonds is 3. The van der Waals surface area contributed by atoms with E-state index in [0.29, 0.717) is 29.9 Å². The number of amides is 2. The second-order valence-corrected chi connectivity index (χ2v) is 7.93. The van der Waals surface area contributed by atoms with Crippen molar-refractivity contribution in [2.45, 2.75) is 52.5 Å². The summed E-state index contributed by atoms with van der Waals surface area (Å²) >= 11 is 0. The first-order chi connectivity index (χ1) is 13.2. The molecule has 0 unspecified atom stereocenters. The number of phenols is 1. The van der Waals surface area contributed by atoms with Gasteiger partial charge in [0.15, 0.2) is 5.76 Å². The van der Waals surface area contributed by atoms with E-state index in [0.717, 1.165) is 12.0 Å². The third-order valence-electron chi connectivity index (χ3n) is 4.46. The minimum atomic E-state index is -0.496. The molecule has 0 radical (unpaired) electrons. The van der Waals surface area contributed by atoms with Gasteiger partial charge in [-0.2, -0.15) is 5.10 Å². The lowest BCUT2D eigenvalue weighted by Crippen LogP contribution is -2.40. The number of fused-ring (bicyclic) bond motifs is 1. The van der Waals surface area contributed by atoms with E-state index < -0.39 is 5.91 Å². The Balaban J connectivity index is 1.87. The molecule has 7 nitrogen and oxygen atoms in total. The smallest absolute Gasteiger partial charge is 0.287 e. The van der Waals surface area contributed by atoms with Gasteiger partial charge in [0.25, 0.3) is 11.8 Å². The lowest BCUT2D eigenvalue weighted by molar-refractivity contribution is 0.0887. The summed E-state index contributed by atoms with van der Waals surface area (Å²) in [7, 11) is 0. The van der Waals surface area contributed by atoms with Crippen molar-refractivity contribution in [3.05, 3.63) is 52.5 Å². The van der Waals surface area contributed by atoms with E-state index in [9.17, 15) is 14.7 Å². The standard InChI is InChI=1S/C21H25N3O4/c1-12-17-14(23-24-19(26)13-8-5-6-10-15(13)25)9-7-11-16(17)28-18(12)20(27)22-21(2,3)4/h5-6,8,10,25H,7,9,11H2,1-4H3,(H,22,27)(H,24,26)/b23-14+. The van der Waals surface area contributed by atoms with Crippen molar-refractivity contribution in [3.8, 4) is 5.75 Å². The molecule has 2 aromatic rings. The van der Waals surface area contributed by atoms with Gasteiger partial charge in [-0.1, -0.05) is 12.1 Å². The molecule has 0 aliphatic heterocycles. The molecular weight excluding hydrogens is 358 g/mol. The fourth-order valence-corrected chi connectivity index (χ4v) is 3.24. The maximum absolute atomic E-state index is 12.6. The van der Waals surface area contributed by atoms with Crippen molar-refractivity contribution in [2.75, 3.05) is 0 Å². The van der Waals surface area contributed by atoms with Gasteiger partial charge in [-0.15, -0.1) is 0 Å². The van der Waals surface area contributed by atoms with E-state index in [1.165, 1.54) is 12.1 Å². The van der Waals surface area contributed by atoms with Crippen LogP contribution in [0.5, 0.6) is 5.75 Å². The Morgan fingerprint density at radius 3 is 2.54 bits per heavy atom. The number of carbonyl (C=O) groups is 2. The van der Waals surface area contributed by atoms with Gasteiger partial charge in [0.05, 0.1) is 11.3 Å². The molecule has 1 heterocycles. The van der Waals surface area contributed by atoms with E-state index >= 15 is 0 Å². The fraction of sp³-hybridized carbons (Fsp3) is 0.381. The average Bonchev–Trinajstić information content (AvgIpc) is 2.96. The molecule has 1 aromatic heterocycles. The van der Waals surface area contributed by atoms with Crippen LogP contribution in [-0.2, 0) is 6.42 Å². The zero-order valence-corrected chi connectivity index (χ0v) is 16.5. The zero-order valence-electron chi connectivity index (χ0n) is 16.5. The molecule has 0 saturated heterocycles. The lowest BCUT2D eigenvalue weighted by atomic mass is 9.93. The van der Waals surface area contributed by atoms with Crippen molar-refractivity contribution >= 4 is 17.5 Å². The number of aromatic hydroxyl groups is 1. The van der Waals surface area contributed by atoms with Crippen LogP contribution in [0.4, 0.5) is 0 Å². The highest BCUT2D eigenvalue weighted by Gasteiger charge is 2.29. The zero-order chi connectivity index (χ0) is 20.5. The fourth-order valence-electron chi connectivity index (χ4n) is 3.24. The van der Waals surface area contributed by atoms with E-state index in [2.05, 4.69) is 15.8 Å². The number of phenolic OH excluding ortho intramolecular Hbond substituents is 1. The average molecular weight is 383 g/mol. The van der Waals surface area contributed by atoms with E-state index in [1.54, 1.807) is 12.1 Å². The Bertz CT molecular complexity index is 951. The number of benzene rings is 1. The molecule has 0 bridgehead atoms. The summed E-state index contributed by atoms with van der Waals surface area (Å²) in [6, 6.07) is 6.28. The highest BCUT2D eigenvalue weighted by molar-refractivity contribution is 6.07. The number of furan rings is 1. The summed E-state index contributed by atoms with van der Waals surface area (Å²) in [5.41, 5.74) is 4.44. The Hall–Kier alpha value is -3.09. The van der Waals surface area contributed by atoms with Crippen LogP contribution in [0.2, 0.25) is 0 Å². The molecule has 3 N–H and O–H groups in total. The molecule has 1 aliphatic rings. The van der Waals surface area contributed by atoms with E-state index in [-0.39, 0.29) is 28.5 Å². The van der Waals surface area contributed by atoms with Crippen LogP contribution in [0.3, 0.4) is 0 Å². The van der Waals surface area contributed by atoms with Gasteiger partial charge in [-0.05, 0) is 52.7 Å². The minimum absolute atomic E-state index is 0.106. The highest BCUT2D eigenvalue weighted by atomic mass is 16.4. The van der Waals surface area contributed by atoms with Crippen LogP contribution < -0.4 is 10.7 Å². The number of hydrogen-bond donors (Lipinski definition) is 3. The van der Waals surface area contributed by atoms with Crippen molar-refractivity contribution < 1.29 is 19.1 Å². The highest BCUT2D eigenvalue weighted by Crippen LogP contribution is 2.30. The van der Waals surface area contributed by atoms with Crippen LogP contribution in [0.1, 0.15) is 71.4 Å². The van der Waals surface area contributed by atoms with E-state index in [4.69, 9.17) is 4.42 Å². The quantitative estimate of drug-likeness (QED) is 0.708. The normalized spacial score (nSPS) is 15.2. The molecule has 1 aromatic carbocycles. The Kier molecular flexibility index (Phi) is 5.27. The SMILES string of the molecule is Cc1c(C(=O)NC(C)(C)C)oc2c1/C(=N/NC(=O)c1ccccc1O)CCC2.